The minimum Gasteiger partial charge on any atom is -0.276 e. The molecule has 1 unspecified atom stereocenters. The Morgan fingerprint density at radius 3 is 2.95 bits per heavy atom. The van der Waals surface area contributed by atoms with Crippen LogP contribution in [0.5, 0.6) is 0 Å². The molecule has 3 heterocycles. The molecule has 0 N–H and O–H groups in total. The van der Waals surface area contributed by atoms with Crippen LogP contribution in [0.1, 0.15) is 37.1 Å². The van der Waals surface area contributed by atoms with Crippen LogP contribution >= 0.6 is 11.3 Å². The molecule has 0 bridgehead atoms. The van der Waals surface area contributed by atoms with E-state index in [1.165, 1.54) is 11.1 Å². The number of nitrogens with zero attached hydrogens (tertiary/aromatic N) is 3. The topological polar surface area (TPSA) is 38.1 Å². The molecule has 0 aliphatic carbocycles. The monoisotopic (exact) mass is 307 g/mol. The predicted octanol–water partition coefficient (Wildman–Crippen LogP) is 4.25. The van der Waals surface area contributed by atoms with Crippen LogP contribution < -0.4 is 0 Å². The zero-order chi connectivity index (χ0) is 15.2. The van der Waals surface area contributed by atoms with Gasteiger partial charge in [-0.3, -0.25) is 4.99 Å². The Morgan fingerprint density at radius 2 is 2.09 bits per heavy atom. The molecule has 0 saturated heterocycles. The summed E-state index contributed by atoms with van der Waals surface area (Å²) in [7, 11) is 0. The molecule has 110 valence electrons. The van der Waals surface area contributed by atoms with Gasteiger partial charge in [-0.05, 0) is 36.8 Å². The van der Waals surface area contributed by atoms with E-state index < -0.39 is 0 Å². The van der Waals surface area contributed by atoms with Crippen molar-refractivity contribution in [1.29, 1.82) is 0 Å². The van der Waals surface area contributed by atoms with Crippen molar-refractivity contribution in [2.45, 2.75) is 32.2 Å². The number of hydrogen-bond acceptors (Lipinski definition) is 4. The highest BCUT2D eigenvalue weighted by molar-refractivity contribution is 7.16. The number of benzene rings is 1. The molecule has 1 aliphatic rings. The first kappa shape index (κ1) is 13.6. The van der Waals surface area contributed by atoms with Crippen molar-refractivity contribution in [3.63, 3.8) is 0 Å². The molecular formula is C18H17N3S. The summed E-state index contributed by atoms with van der Waals surface area (Å²) in [5.41, 5.74) is 5.28. The second kappa shape index (κ2) is 4.99. The van der Waals surface area contributed by atoms with Crippen molar-refractivity contribution >= 4 is 27.4 Å². The first-order valence-electron chi connectivity index (χ1n) is 7.57. The Kier molecular flexibility index (Phi) is 3.08. The minimum atomic E-state index is -0.0605. The first-order valence-corrected chi connectivity index (χ1v) is 8.45. The molecule has 4 rings (SSSR count). The Morgan fingerprint density at radius 1 is 1.23 bits per heavy atom. The summed E-state index contributed by atoms with van der Waals surface area (Å²) in [4.78, 5) is 15.3. The van der Waals surface area contributed by atoms with Crippen molar-refractivity contribution in [2.24, 2.45) is 4.99 Å². The van der Waals surface area contributed by atoms with Crippen molar-refractivity contribution < 1.29 is 0 Å². The second-order valence-electron chi connectivity index (χ2n) is 6.01. The Labute approximate surface area is 133 Å². The zero-order valence-electron chi connectivity index (χ0n) is 12.7. The van der Waals surface area contributed by atoms with Gasteiger partial charge in [0, 0.05) is 5.56 Å². The van der Waals surface area contributed by atoms with E-state index >= 15 is 0 Å². The molecule has 22 heavy (non-hydrogen) atoms. The van der Waals surface area contributed by atoms with Crippen molar-refractivity contribution in [2.75, 3.05) is 0 Å². The van der Waals surface area contributed by atoms with Gasteiger partial charge in [0.15, 0.2) is 0 Å². The zero-order valence-corrected chi connectivity index (χ0v) is 13.5. The normalized spacial score (nSPS) is 20.7. The van der Waals surface area contributed by atoms with E-state index in [0.29, 0.717) is 0 Å². The third kappa shape index (κ3) is 2.15. The molecule has 4 heteroatoms. The van der Waals surface area contributed by atoms with Gasteiger partial charge >= 0.3 is 0 Å². The highest BCUT2D eigenvalue weighted by atomic mass is 32.1. The van der Waals surface area contributed by atoms with Gasteiger partial charge in [-0.2, -0.15) is 0 Å². The van der Waals surface area contributed by atoms with E-state index in [9.17, 15) is 0 Å². The summed E-state index contributed by atoms with van der Waals surface area (Å²) in [5, 5.41) is 2.03. The lowest BCUT2D eigenvalue weighted by Crippen LogP contribution is -2.32. The fourth-order valence-electron chi connectivity index (χ4n) is 2.95. The SMILES string of the molecule is CCC1(C)Cc2ccccc2C(c2cnc3sccc3n2)=N1. The van der Waals surface area contributed by atoms with E-state index in [-0.39, 0.29) is 5.54 Å². The van der Waals surface area contributed by atoms with Gasteiger partial charge < -0.3 is 0 Å². The van der Waals surface area contributed by atoms with Crippen LogP contribution in [0.25, 0.3) is 10.3 Å². The third-order valence-electron chi connectivity index (χ3n) is 4.40. The van der Waals surface area contributed by atoms with Crippen LogP contribution in [-0.2, 0) is 6.42 Å². The first-order chi connectivity index (χ1) is 10.7. The molecule has 1 atom stereocenters. The molecular weight excluding hydrogens is 290 g/mol. The molecule has 0 radical (unpaired) electrons. The number of rotatable bonds is 2. The largest absolute Gasteiger partial charge is 0.276 e. The summed E-state index contributed by atoms with van der Waals surface area (Å²) >= 11 is 1.62. The molecule has 1 aliphatic heterocycles. The van der Waals surface area contributed by atoms with Crippen molar-refractivity contribution in [3.8, 4) is 0 Å². The van der Waals surface area contributed by atoms with Crippen molar-refractivity contribution in [3.05, 3.63) is 58.7 Å². The number of fused-ring (bicyclic) bond motifs is 2. The van der Waals surface area contributed by atoms with Gasteiger partial charge in [0.2, 0.25) is 0 Å². The highest BCUT2D eigenvalue weighted by Gasteiger charge is 2.30. The van der Waals surface area contributed by atoms with E-state index in [1.54, 1.807) is 11.3 Å². The summed E-state index contributed by atoms with van der Waals surface area (Å²) < 4.78 is 0. The van der Waals surface area contributed by atoms with E-state index in [0.717, 1.165) is 34.6 Å². The Balaban J connectivity index is 1.93. The van der Waals surface area contributed by atoms with E-state index in [1.807, 2.05) is 17.6 Å². The molecule has 1 aromatic carbocycles. The summed E-state index contributed by atoms with van der Waals surface area (Å²) in [6.45, 7) is 4.42. The van der Waals surface area contributed by atoms with Gasteiger partial charge in [-0.1, -0.05) is 31.2 Å². The lowest BCUT2D eigenvalue weighted by atomic mass is 9.83. The molecule has 2 aromatic heterocycles. The Hall–Kier alpha value is -2.07. The van der Waals surface area contributed by atoms with Crippen LogP contribution in [-0.4, -0.2) is 21.2 Å². The van der Waals surface area contributed by atoms with Crippen LogP contribution in [0.2, 0.25) is 0 Å². The summed E-state index contributed by atoms with van der Waals surface area (Å²) in [6.07, 6.45) is 3.85. The molecule has 0 spiro atoms. The average Bonchev–Trinajstić information content (AvgIpc) is 3.01. The number of aliphatic imine (C=N–C) groups is 1. The smallest absolute Gasteiger partial charge is 0.141 e. The lowest BCUT2D eigenvalue weighted by molar-refractivity contribution is 0.448. The molecule has 0 amide bonds. The second-order valence-corrected chi connectivity index (χ2v) is 6.91. The van der Waals surface area contributed by atoms with E-state index in [2.05, 4.69) is 43.1 Å². The molecule has 3 aromatic rings. The fourth-order valence-corrected chi connectivity index (χ4v) is 3.63. The van der Waals surface area contributed by atoms with Gasteiger partial charge in [-0.15, -0.1) is 11.3 Å². The van der Waals surface area contributed by atoms with Crippen LogP contribution in [0.15, 0.2) is 46.9 Å². The van der Waals surface area contributed by atoms with Crippen molar-refractivity contribution in [1.82, 2.24) is 9.97 Å². The maximum Gasteiger partial charge on any atom is 0.141 e. The lowest BCUT2D eigenvalue weighted by Gasteiger charge is -2.31. The van der Waals surface area contributed by atoms with Crippen LogP contribution in [0.4, 0.5) is 0 Å². The molecule has 0 fully saturated rings. The highest BCUT2D eigenvalue weighted by Crippen LogP contribution is 2.31. The van der Waals surface area contributed by atoms with Gasteiger partial charge in [0.1, 0.15) is 16.0 Å². The van der Waals surface area contributed by atoms with Gasteiger partial charge in [-0.25, -0.2) is 9.97 Å². The Bertz CT molecular complexity index is 881. The summed E-state index contributed by atoms with van der Waals surface area (Å²) in [5.74, 6) is 0. The maximum atomic E-state index is 5.05. The molecule has 3 nitrogen and oxygen atoms in total. The predicted molar refractivity (Wildman–Crippen MR) is 91.9 cm³/mol. The number of hydrogen-bond donors (Lipinski definition) is 0. The summed E-state index contributed by atoms with van der Waals surface area (Å²) in [6, 6.07) is 10.5. The van der Waals surface area contributed by atoms with Gasteiger partial charge in [0.05, 0.1) is 17.4 Å². The van der Waals surface area contributed by atoms with Crippen LogP contribution in [0.3, 0.4) is 0 Å². The fraction of sp³-hybridized carbons (Fsp3) is 0.278. The third-order valence-corrected chi connectivity index (χ3v) is 5.21. The number of thiophene rings is 1. The maximum absolute atomic E-state index is 5.05. The quantitative estimate of drug-likeness (QED) is 0.709. The average molecular weight is 307 g/mol. The van der Waals surface area contributed by atoms with Gasteiger partial charge in [0.25, 0.3) is 0 Å². The molecule has 0 saturated carbocycles. The minimum absolute atomic E-state index is 0.0605. The standard InChI is InChI=1S/C18H17N3S/c1-3-18(2)10-12-6-4-5-7-13(12)16(21-18)15-11-19-17-14(20-15)8-9-22-17/h4-9,11H,3,10H2,1-2H3. The van der Waals surface area contributed by atoms with E-state index in [4.69, 9.17) is 9.98 Å². The number of aromatic nitrogens is 2. The van der Waals surface area contributed by atoms with Crippen LogP contribution in [0, 0.1) is 0 Å².